The van der Waals surface area contributed by atoms with Crippen LogP contribution in [0.3, 0.4) is 0 Å². The molecule has 0 aliphatic carbocycles. The number of anilines is 1. The number of aliphatic imine (C=N–C) groups is 1. The molecule has 28 heavy (non-hydrogen) atoms. The zero-order chi connectivity index (χ0) is 20.5. The molecular formula is C22H29N3O2S. The summed E-state index contributed by atoms with van der Waals surface area (Å²) in [6.45, 7) is 13.1. The lowest BCUT2D eigenvalue weighted by Gasteiger charge is -2.27. The van der Waals surface area contributed by atoms with Gasteiger partial charge in [0.1, 0.15) is 5.75 Å². The van der Waals surface area contributed by atoms with Gasteiger partial charge in [-0.3, -0.25) is 4.99 Å². The van der Waals surface area contributed by atoms with Crippen molar-refractivity contribution in [1.82, 2.24) is 4.90 Å². The number of carbonyl (C=O) groups excluding carboxylic acids is 1. The fraction of sp³-hybridized carbons (Fsp3) is 0.364. The molecule has 5 nitrogen and oxygen atoms in total. The molecule has 6 heteroatoms. The van der Waals surface area contributed by atoms with E-state index in [0.717, 1.165) is 35.6 Å². The normalized spacial score (nSPS) is 14.0. The molecule has 1 N–H and O–H groups in total. The highest BCUT2D eigenvalue weighted by Crippen LogP contribution is 2.27. The van der Waals surface area contributed by atoms with Gasteiger partial charge in [-0.1, -0.05) is 41.6 Å². The first-order chi connectivity index (χ1) is 13.4. The lowest BCUT2D eigenvalue weighted by Crippen LogP contribution is -2.38. The molecule has 0 unspecified atom stereocenters. The van der Waals surface area contributed by atoms with Crippen LogP contribution >= 0.6 is 11.8 Å². The smallest absolute Gasteiger partial charge is 0.332 e. The largest absolute Gasteiger partial charge is 0.492 e. The van der Waals surface area contributed by atoms with Crippen LogP contribution < -0.4 is 10.1 Å². The number of para-hydroxylation sites is 2. The number of hydrogen-bond acceptors (Lipinski definition) is 4. The summed E-state index contributed by atoms with van der Waals surface area (Å²) in [7, 11) is 0. The Morgan fingerprint density at radius 1 is 1.32 bits per heavy atom. The second-order valence-corrected chi connectivity index (χ2v) is 7.76. The molecule has 0 fully saturated rings. The number of allylic oxidation sites excluding steroid dienone is 4. The lowest BCUT2D eigenvalue weighted by atomic mass is 10.2. The van der Waals surface area contributed by atoms with Crippen molar-refractivity contribution in [2.45, 2.75) is 34.1 Å². The molecule has 1 heterocycles. The molecule has 1 aromatic carbocycles. The van der Waals surface area contributed by atoms with Crippen LogP contribution in [0.2, 0.25) is 0 Å². The van der Waals surface area contributed by atoms with E-state index in [9.17, 15) is 4.79 Å². The zero-order valence-electron chi connectivity index (χ0n) is 17.1. The molecule has 0 spiro atoms. The number of urea groups is 1. The van der Waals surface area contributed by atoms with Crippen molar-refractivity contribution in [1.29, 1.82) is 0 Å². The minimum atomic E-state index is -0.273. The lowest BCUT2D eigenvalue weighted by molar-refractivity contribution is 0.241. The summed E-state index contributed by atoms with van der Waals surface area (Å²) in [5.41, 5.74) is 3.32. The van der Waals surface area contributed by atoms with Gasteiger partial charge in [0.25, 0.3) is 0 Å². The Morgan fingerprint density at radius 2 is 2.07 bits per heavy atom. The van der Waals surface area contributed by atoms with Gasteiger partial charge in [-0.2, -0.15) is 0 Å². The average Bonchev–Trinajstić information content (AvgIpc) is 2.63. The Labute approximate surface area is 172 Å². The minimum absolute atomic E-state index is 0.273. The van der Waals surface area contributed by atoms with E-state index in [1.54, 1.807) is 16.7 Å². The molecule has 0 radical (unpaired) electrons. The van der Waals surface area contributed by atoms with E-state index in [0.29, 0.717) is 23.2 Å². The number of thioether (sulfide) groups is 1. The Hall–Kier alpha value is -2.47. The van der Waals surface area contributed by atoms with Gasteiger partial charge in [0.15, 0.2) is 5.17 Å². The van der Waals surface area contributed by atoms with Crippen molar-refractivity contribution < 1.29 is 9.53 Å². The first kappa shape index (κ1) is 21.8. The Kier molecular flexibility index (Phi) is 8.39. The Morgan fingerprint density at radius 3 is 2.68 bits per heavy atom. The molecule has 1 aromatic rings. The van der Waals surface area contributed by atoms with E-state index < -0.39 is 0 Å². The van der Waals surface area contributed by atoms with Gasteiger partial charge >= 0.3 is 6.03 Å². The summed E-state index contributed by atoms with van der Waals surface area (Å²) in [6, 6.07) is 7.16. The molecule has 1 aliphatic rings. The van der Waals surface area contributed by atoms with Crippen LogP contribution in [0.25, 0.3) is 0 Å². The third-order valence-corrected chi connectivity index (χ3v) is 4.76. The number of carbonyl (C=O) groups is 1. The van der Waals surface area contributed by atoms with Crippen molar-refractivity contribution in [2.75, 3.05) is 24.2 Å². The van der Waals surface area contributed by atoms with E-state index in [1.807, 2.05) is 64.1 Å². The highest BCUT2D eigenvalue weighted by Gasteiger charge is 2.25. The maximum atomic E-state index is 13.3. The highest BCUT2D eigenvalue weighted by atomic mass is 32.2. The highest BCUT2D eigenvalue weighted by molar-refractivity contribution is 8.13. The SMILES string of the molecule is C=C(C)/C=C(\C=C(C)C)N(C(=O)Nc1ccccc1OCC)C1=NCCCS1. The van der Waals surface area contributed by atoms with Gasteiger partial charge in [0, 0.05) is 12.3 Å². The van der Waals surface area contributed by atoms with Gasteiger partial charge in [-0.25, -0.2) is 9.69 Å². The molecule has 0 aromatic heterocycles. The van der Waals surface area contributed by atoms with Crippen LogP contribution in [0, 0.1) is 0 Å². The number of nitrogens with one attached hydrogen (secondary N) is 1. The standard InChI is InChI=1S/C22H29N3O2S/c1-6-27-20-11-8-7-10-19(20)24-21(26)25(22-23-12-9-13-28-22)18(14-16(2)3)15-17(4)5/h7-8,10-11,14-15H,2,6,9,12-13H2,1,3-5H3,(H,24,26)/b18-14+. The van der Waals surface area contributed by atoms with E-state index >= 15 is 0 Å². The number of amidine groups is 1. The molecular weight excluding hydrogens is 370 g/mol. The molecule has 0 saturated heterocycles. The first-order valence-corrected chi connectivity index (χ1v) is 10.4. The molecule has 2 rings (SSSR count). The molecule has 0 atom stereocenters. The van der Waals surface area contributed by atoms with Crippen molar-refractivity contribution in [3.8, 4) is 5.75 Å². The molecule has 2 amide bonds. The number of nitrogens with zero attached hydrogens (tertiary/aromatic N) is 2. The first-order valence-electron chi connectivity index (χ1n) is 9.44. The molecule has 0 bridgehead atoms. The fourth-order valence-corrected chi connectivity index (χ4v) is 3.60. The molecule has 1 aliphatic heterocycles. The van der Waals surface area contributed by atoms with E-state index in [2.05, 4.69) is 16.9 Å². The van der Waals surface area contributed by atoms with Crippen LogP contribution in [0.15, 0.2) is 64.8 Å². The number of hydrogen-bond donors (Lipinski definition) is 1. The number of amides is 2. The van der Waals surface area contributed by atoms with Crippen LogP contribution in [-0.4, -0.2) is 35.0 Å². The number of ether oxygens (including phenoxy) is 1. The third kappa shape index (κ3) is 6.30. The van der Waals surface area contributed by atoms with Crippen molar-refractivity contribution in [3.63, 3.8) is 0 Å². The van der Waals surface area contributed by atoms with Gasteiger partial charge < -0.3 is 10.1 Å². The Bertz CT molecular complexity index is 808. The number of rotatable bonds is 6. The van der Waals surface area contributed by atoms with Gasteiger partial charge in [-0.05, 0) is 58.4 Å². The van der Waals surface area contributed by atoms with Crippen LogP contribution in [0.1, 0.15) is 34.1 Å². The van der Waals surface area contributed by atoms with Crippen molar-refractivity contribution >= 4 is 28.6 Å². The Balaban J connectivity index is 2.44. The second-order valence-electron chi connectivity index (χ2n) is 6.70. The van der Waals surface area contributed by atoms with E-state index in [-0.39, 0.29) is 6.03 Å². The summed E-state index contributed by atoms with van der Waals surface area (Å²) in [4.78, 5) is 19.6. The predicted octanol–water partition coefficient (Wildman–Crippen LogP) is 5.84. The summed E-state index contributed by atoms with van der Waals surface area (Å²) in [5.74, 6) is 1.58. The maximum absolute atomic E-state index is 13.3. The average molecular weight is 400 g/mol. The number of benzene rings is 1. The second kappa shape index (κ2) is 10.8. The molecule has 150 valence electrons. The third-order valence-electron chi connectivity index (χ3n) is 3.69. The summed E-state index contributed by atoms with van der Waals surface area (Å²) in [6.07, 6.45) is 4.89. The summed E-state index contributed by atoms with van der Waals surface area (Å²) in [5, 5.41) is 3.68. The quantitative estimate of drug-likeness (QED) is 0.612. The fourth-order valence-electron chi connectivity index (χ4n) is 2.64. The van der Waals surface area contributed by atoms with Crippen molar-refractivity contribution in [2.24, 2.45) is 4.99 Å². The van der Waals surface area contributed by atoms with E-state index in [4.69, 9.17) is 4.74 Å². The van der Waals surface area contributed by atoms with Gasteiger partial charge in [0.05, 0.1) is 18.0 Å². The van der Waals surface area contributed by atoms with Crippen molar-refractivity contribution in [3.05, 3.63) is 59.8 Å². The maximum Gasteiger partial charge on any atom is 0.332 e. The van der Waals surface area contributed by atoms with Gasteiger partial charge in [-0.15, -0.1) is 0 Å². The minimum Gasteiger partial charge on any atom is -0.492 e. The predicted molar refractivity (Wildman–Crippen MR) is 120 cm³/mol. The van der Waals surface area contributed by atoms with Crippen LogP contribution in [0.5, 0.6) is 5.75 Å². The van der Waals surface area contributed by atoms with Crippen LogP contribution in [0.4, 0.5) is 10.5 Å². The summed E-state index contributed by atoms with van der Waals surface area (Å²) >= 11 is 1.59. The van der Waals surface area contributed by atoms with Crippen LogP contribution in [-0.2, 0) is 0 Å². The topological polar surface area (TPSA) is 53.9 Å². The zero-order valence-corrected chi connectivity index (χ0v) is 17.9. The molecule has 0 saturated carbocycles. The monoisotopic (exact) mass is 399 g/mol. The summed E-state index contributed by atoms with van der Waals surface area (Å²) < 4.78 is 5.64. The van der Waals surface area contributed by atoms with Gasteiger partial charge in [0.2, 0.25) is 0 Å². The van der Waals surface area contributed by atoms with E-state index in [1.165, 1.54) is 0 Å².